The van der Waals surface area contributed by atoms with Gasteiger partial charge in [-0.05, 0) is 61.7 Å². The quantitative estimate of drug-likeness (QED) is 0.187. The number of pyridine rings is 1. The number of carbonyl (C=O) groups excluding carboxylic acids is 3. The zero-order valence-electron chi connectivity index (χ0n) is 19.0. The number of imide groups is 2. The average molecular weight is 469 g/mol. The number of amides is 4. The largest absolute Gasteiger partial charge is 0.348 e. The molecule has 1 fully saturated rings. The average Bonchev–Trinajstić information content (AvgIpc) is 3.30. The van der Waals surface area contributed by atoms with E-state index in [9.17, 15) is 19.2 Å². The van der Waals surface area contributed by atoms with Crippen LogP contribution in [0.4, 0.5) is 4.79 Å². The van der Waals surface area contributed by atoms with E-state index in [-0.39, 0.29) is 11.0 Å². The third kappa shape index (κ3) is 4.38. The van der Waals surface area contributed by atoms with Crippen molar-refractivity contribution in [3.8, 4) is 0 Å². The van der Waals surface area contributed by atoms with E-state index in [1.54, 1.807) is 0 Å². The van der Waals surface area contributed by atoms with Gasteiger partial charge < -0.3 is 9.13 Å². The Morgan fingerprint density at radius 1 is 0.686 bits per heavy atom. The molecule has 2 N–H and O–H groups in total. The number of benzene rings is 2. The molecule has 0 radical (unpaired) electrons. The second-order valence-corrected chi connectivity index (χ2v) is 8.50. The highest BCUT2D eigenvalue weighted by Gasteiger charge is 2.27. The van der Waals surface area contributed by atoms with Gasteiger partial charge in [-0.15, -0.1) is 0 Å². The van der Waals surface area contributed by atoms with Crippen LogP contribution in [-0.4, -0.2) is 27.0 Å². The summed E-state index contributed by atoms with van der Waals surface area (Å²) < 4.78 is 4.20. The fourth-order valence-corrected chi connectivity index (χ4v) is 4.56. The van der Waals surface area contributed by atoms with Gasteiger partial charge in [0.15, 0.2) is 5.43 Å². The summed E-state index contributed by atoms with van der Waals surface area (Å²) in [6, 6.07) is 18.3. The molecule has 4 amide bonds. The Kier molecular flexibility index (Phi) is 6.01. The van der Waals surface area contributed by atoms with Gasteiger partial charge in [0.1, 0.15) is 5.57 Å². The highest BCUT2D eigenvalue weighted by molar-refractivity contribution is 6.31. The summed E-state index contributed by atoms with van der Waals surface area (Å²) in [5, 5.41) is 5.63. The number of para-hydroxylation sites is 2. The molecule has 1 aliphatic rings. The number of rotatable bonds is 7. The van der Waals surface area contributed by atoms with Crippen molar-refractivity contribution in [2.75, 3.05) is 0 Å². The molecule has 1 aliphatic heterocycles. The molecular formula is C27H24N4O4. The Balaban J connectivity index is 1.27. The van der Waals surface area contributed by atoms with Gasteiger partial charge in [0, 0.05) is 35.8 Å². The van der Waals surface area contributed by atoms with E-state index in [4.69, 9.17) is 0 Å². The maximum atomic E-state index is 12.9. The molecule has 176 valence electrons. The van der Waals surface area contributed by atoms with Crippen molar-refractivity contribution in [2.24, 2.45) is 0 Å². The molecule has 0 aliphatic carbocycles. The second-order valence-electron chi connectivity index (χ2n) is 8.50. The van der Waals surface area contributed by atoms with Crippen LogP contribution in [-0.2, 0) is 22.7 Å². The molecule has 8 nitrogen and oxygen atoms in total. The molecule has 0 atom stereocenters. The Labute approximate surface area is 200 Å². The van der Waals surface area contributed by atoms with Crippen LogP contribution in [0.25, 0.3) is 27.9 Å². The fraction of sp³-hybridized carbons (Fsp3) is 0.185. The summed E-state index contributed by atoms with van der Waals surface area (Å²) in [6.45, 7) is 1.51. The molecule has 4 aromatic rings. The molecule has 0 unspecified atom stereocenters. The van der Waals surface area contributed by atoms with Gasteiger partial charge >= 0.3 is 6.03 Å². The fourth-order valence-electron chi connectivity index (χ4n) is 4.56. The first-order chi connectivity index (χ1) is 17.0. The van der Waals surface area contributed by atoms with Crippen molar-refractivity contribution in [3.05, 3.63) is 88.4 Å². The monoisotopic (exact) mass is 468 g/mol. The first kappa shape index (κ1) is 22.3. The highest BCUT2D eigenvalue weighted by Crippen LogP contribution is 2.20. The van der Waals surface area contributed by atoms with E-state index in [1.807, 2.05) is 71.4 Å². The van der Waals surface area contributed by atoms with Gasteiger partial charge in [0.2, 0.25) is 0 Å². The van der Waals surface area contributed by atoms with E-state index in [0.29, 0.717) is 0 Å². The molecule has 1 saturated heterocycles. The molecule has 0 bridgehead atoms. The SMILES string of the molecule is O=C1NC(=O)C(=Cc2cccn2CCCCCn2c3ccccc3c(=O)c3ccccc32)C(=O)N1. The van der Waals surface area contributed by atoms with Crippen molar-refractivity contribution < 1.29 is 14.4 Å². The van der Waals surface area contributed by atoms with Gasteiger partial charge in [-0.25, -0.2) is 4.79 Å². The van der Waals surface area contributed by atoms with Crippen LogP contribution >= 0.6 is 0 Å². The molecular weight excluding hydrogens is 444 g/mol. The number of carbonyl (C=O) groups is 3. The second kappa shape index (κ2) is 9.42. The lowest BCUT2D eigenvalue weighted by Crippen LogP contribution is -2.51. The number of nitrogens with zero attached hydrogens (tertiary/aromatic N) is 2. The molecule has 8 heteroatoms. The molecule has 2 aromatic heterocycles. The van der Waals surface area contributed by atoms with E-state index < -0.39 is 17.8 Å². The van der Waals surface area contributed by atoms with E-state index in [0.717, 1.165) is 59.9 Å². The Bertz CT molecular complexity index is 1480. The van der Waals surface area contributed by atoms with Crippen LogP contribution in [0.1, 0.15) is 25.0 Å². The summed E-state index contributed by atoms with van der Waals surface area (Å²) in [6.07, 6.45) is 6.19. The van der Waals surface area contributed by atoms with Crippen LogP contribution in [0.3, 0.4) is 0 Å². The van der Waals surface area contributed by atoms with Crippen LogP contribution in [0.15, 0.2) is 77.2 Å². The lowest BCUT2D eigenvalue weighted by Gasteiger charge is -2.15. The van der Waals surface area contributed by atoms with Crippen LogP contribution in [0, 0.1) is 0 Å². The Hall–Kier alpha value is -4.46. The van der Waals surface area contributed by atoms with Gasteiger partial charge in [0.25, 0.3) is 11.8 Å². The van der Waals surface area contributed by atoms with Crippen LogP contribution in [0.5, 0.6) is 0 Å². The third-order valence-corrected chi connectivity index (χ3v) is 6.26. The summed E-state index contributed by atoms with van der Waals surface area (Å²) in [5.74, 6) is -1.40. The van der Waals surface area contributed by atoms with E-state index >= 15 is 0 Å². The van der Waals surface area contributed by atoms with Gasteiger partial charge in [-0.1, -0.05) is 24.3 Å². The molecule has 0 saturated carbocycles. The van der Waals surface area contributed by atoms with Crippen molar-refractivity contribution >= 4 is 45.7 Å². The maximum Gasteiger partial charge on any atom is 0.328 e. The Morgan fingerprint density at radius 2 is 1.29 bits per heavy atom. The van der Waals surface area contributed by atoms with Crippen LogP contribution < -0.4 is 16.1 Å². The number of nitrogens with one attached hydrogen (secondary N) is 2. The number of hydrogen-bond donors (Lipinski definition) is 2. The molecule has 5 rings (SSSR count). The topological polar surface area (TPSA) is 102 Å². The minimum absolute atomic E-state index is 0.0615. The number of hydrogen-bond acceptors (Lipinski definition) is 4. The standard InChI is InChI=1S/C27H24N4O4/c32-24-19-10-2-4-12-22(19)31(23-13-5-3-11-20(23)24)16-7-1-6-14-30-15-8-9-18(30)17-21-25(33)28-27(35)29-26(21)34/h2-5,8-13,15,17H,1,6-7,14,16H2,(H2,28,29,33,34,35). The lowest BCUT2D eigenvalue weighted by molar-refractivity contribution is -0.123. The number of unbranched alkanes of at least 4 members (excludes halogenated alkanes) is 2. The van der Waals surface area contributed by atoms with Crippen molar-refractivity contribution in [1.82, 2.24) is 19.8 Å². The van der Waals surface area contributed by atoms with Crippen LogP contribution in [0.2, 0.25) is 0 Å². The summed E-state index contributed by atoms with van der Waals surface area (Å²) >= 11 is 0. The lowest BCUT2D eigenvalue weighted by atomic mass is 10.1. The maximum absolute atomic E-state index is 12.9. The third-order valence-electron chi connectivity index (χ3n) is 6.26. The summed E-state index contributed by atoms with van der Waals surface area (Å²) in [5.41, 5.74) is 2.57. The van der Waals surface area contributed by atoms with Gasteiger partial charge in [-0.2, -0.15) is 0 Å². The number of aryl methyl sites for hydroxylation is 2. The molecule has 0 spiro atoms. The molecule has 2 aromatic carbocycles. The number of fused-ring (bicyclic) bond motifs is 2. The number of urea groups is 1. The smallest absolute Gasteiger partial charge is 0.328 e. The zero-order chi connectivity index (χ0) is 24.4. The number of barbiturate groups is 1. The first-order valence-electron chi connectivity index (χ1n) is 11.6. The number of aromatic nitrogens is 2. The van der Waals surface area contributed by atoms with Crippen molar-refractivity contribution in [1.29, 1.82) is 0 Å². The molecule has 3 heterocycles. The minimum atomic E-state index is -0.809. The van der Waals surface area contributed by atoms with E-state index in [2.05, 4.69) is 15.2 Å². The van der Waals surface area contributed by atoms with Crippen molar-refractivity contribution in [2.45, 2.75) is 32.4 Å². The molecule has 35 heavy (non-hydrogen) atoms. The summed E-state index contributed by atoms with van der Waals surface area (Å²) in [4.78, 5) is 48.1. The zero-order valence-corrected chi connectivity index (χ0v) is 19.0. The van der Waals surface area contributed by atoms with E-state index in [1.165, 1.54) is 6.08 Å². The highest BCUT2D eigenvalue weighted by atomic mass is 16.2. The minimum Gasteiger partial charge on any atom is -0.348 e. The van der Waals surface area contributed by atoms with Gasteiger partial charge in [0.05, 0.1) is 11.0 Å². The Morgan fingerprint density at radius 3 is 1.94 bits per heavy atom. The summed E-state index contributed by atoms with van der Waals surface area (Å²) in [7, 11) is 0. The predicted molar refractivity (Wildman–Crippen MR) is 134 cm³/mol. The van der Waals surface area contributed by atoms with Gasteiger partial charge in [-0.3, -0.25) is 25.0 Å². The normalized spacial score (nSPS) is 13.8. The first-order valence-corrected chi connectivity index (χ1v) is 11.6. The predicted octanol–water partition coefficient (Wildman–Crippen LogP) is 3.58. The van der Waals surface area contributed by atoms with Crippen molar-refractivity contribution in [3.63, 3.8) is 0 Å².